The second-order valence-corrected chi connectivity index (χ2v) is 6.44. The summed E-state index contributed by atoms with van der Waals surface area (Å²) in [5.41, 5.74) is 0. The van der Waals surface area contributed by atoms with Crippen LogP contribution >= 0.6 is 0 Å². The minimum atomic E-state index is -0.0946. The van der Waals surface area contributed by atoms with Gasteiger partial charge in [-0.1, -0.05) is 6.42 Å². The number of carbonyl (C=O) groups is 2. The molecule has 0 bridgehead atoms. The fourth-order valence-corrected chi connectivity index (χ4v) is 3.18. The third kappa shape index (κ3) is 3.89. The van der Waals surface area contributed by atoms with Crippen LogP contribution in [0.3, 0.4) is 0 Å². The minimum absolute atomic E-state index is 0.0907. The molecule has 3 rings (SSSR count). The van der Waals surface area contributed by atoms with Gasteiger partial charge in [0.25, 0.3) is 0 Å². The summed E-state index contributed by atoms with van der Waals surface area (Å²) in [6.07, 6.45) is 7.28. The van der Waals surface area contributed by atoms with E-state index >= 15 is 0 Å². The van der Waals surface area contributed by atoms with E-state index in [0.717, 1.165) is 44.5 Å². The summed E-state index contributed by atoms with van der Waals surface area (Å²) in [7, 11) is 0. The Morgan fingerprint density at radius 3 is 2.96 bits per heavy atom. The Kier molecular flexibility index (Phi) is 4.93. The number of rotatable bonds is 6. The zero-order valence-electron chi connectivity index (χ0n) is 13.7. The number of aromatic nitrogens is 3. The molecule has 2 fully saturated rings. The first-order valence-corrected chi connectivity index (χ1v) is 8.64. The summed E-state index contributed by atoms with van der Waals surface area (Å²) in [4.78, 5) is 30.5. The van der Waals surface area contributed by atoms with Gasteiger partial charge < -0.3 is 10.2 Å². The molecule has 126 valence electrons. The summed E-state index contributed by atoms with van der Waals surface area (Å²) in [6.45, 7) is 3.59. The highest BCUT2D eigenvalue weighted by Gasteiger charge is 2.36. The molecule has 1 aliphatic carbocycles. The van der Waals surface area contributed by atoms with Crippen LogP contribution in [-0.4, -0.2) is 44.6 Å². The van der Waals surface area contributed by atoms with Gasteiger partial charge in [0.1, 0.15) is 12.2 Å². The topological polar surface area (TPSA) is 80.1 Å². The van der Waals surface area contributed by atoms with E-state index in [-0.39, 0.29) is 24.4 Å². The van der Waals surface area contributed by atoms with Crippen molar-refractivity contribution in [3.05, 3.63) is 12.2 Å². The van der Waals surface area contributed by atoms with E-state index in [2.05, 4.69) is 15.4 Å². The van der Waals surface area contributed by atoms with Crippen molar-refractivity contribution in [3.8, 4) is 0 Å². The van der Waals surface area contributed by atoms with Gasteiger partial charge in [-0.3, -0.25) is 9.59 Å². The molecule has 1 atom stereocenters. The fraction of sp³-hybridized carbons (Fsp3) is 0.750. The third-order valence-corrected chi connectivity index (χ3v) is 4.64. The summed E-state index contributed by atoms with van der Waals surface area (Å²) in [5, 5.41) is 7.29. The van der Waals surface area contributed by atoms with Crippen molar-refractivity contribution in [2.24, 2.45) is 5.92 Å². The van der Waals surface area contributed by atoms with Crippen LogP contribution in [0.1, 0.15) is 57.3 Å². The fourth-order valence-electron chi connectivity index (χ4n) is 3.18. The SMILES string of the molecule is CCn1ncnc1[C@H](NC(=O)CN1CCCCCC1=O)C1CC1. The molecule has 1 saturated carbocycles. The highest BCUT2D eigenvalue weighted by molar-refractivity contribution is 5.85. The molecule has 1 aromatic rings. The number of hydrogen-bond acceptors (Lipinski definition) is 4. The number of aryl methyl sites for hydroxylation is 1. The van der Waals surface area contributed by atoms with E-state index in [4.69, 9.17) is 0 Å². The lowest BCUT2D eigenvalue weighted by Crippen LogP contribution is -2.42. The largest absolute Gasteiger partial charge is 0.344 e. The Morgan fingerprint density at radius 1 is 1.39 bits per heavy atom. The molecular formula is C16H25N5O2. The van der Waals surface area contributed by atoms with E-state index in [0.29, 0.717) is 18.9 Å². The van der Waals surface area contributed by atoms with Crippen LogP contribution in [0.5, 0.6) is 0 Å². The maximum absolute atomic E-state index is 12.4. The Labute approximate surface area is 136 Å². The zero-order chi connectivity index (χ0) is 16.2. The van der Waals surface area contributed by atoms with Crippen molar-refractivity contribution in [1.82, 2.24) is 25.0 Å². The predicted octanol–water partition coefficient (Wildman–Crippen LogP) is 1.27. The van der Waals surface area contributed by atoms with E-state index in [1.165, 1.54) is 0 Å². The molecule has 0 radical (unpaired) electrons. The Hall–Kier alpha value is -1.92. The van der Waals surface area contributed by atoms with E-state index in [1.807, 2.05) is 11.6 Å². The number of likely N-dealkylation sites (tertiary alicyclic amines) is 1. The number of nitrogens with one attached hydrogen (secondary N) is 1. The molecule has 0 unspecified atom stereocenters. The summed E-state index contributed by atoms with van der Waals surface area (Å²) in [5.74, 6) is 1.26. The van der Waals surface area contributed by atoms with E-state index in [9.17, 15) is 9.59 Å². The molecule has 1 saturated heterocycles. The Balaban J connectivity index is 1.63. The lowest BCUT2D eigenvalue weighted by Gasteiger charge is -2.23. The first-order valence-electron chi connectivity index (χ1n) is 8.64. The van der Waals surface area contributed by atoms with Crippen molar-refractivity contribution in [1.29, 1.82) is 0 Å². The monoisotopic (exact) mass is 319 g/mol. The van der Waals surface area contributed by atoms with Gasteiger partial charge in [0.15, 0.2) is 0 Å². The lowest BCUT2D eigenvalue weighted by molar-refractivity contribution is -0.135. The van der Waals surface area contributed by atoms with Gasteiger partial charge in [-0.15, -0.1) is 0 Å². The van der Waals surface area contributed by atoms with Crippen LogP contribution in [0.15, 0.2) is 6.33 Å². The zero-order valence-corrected chi connectivity index (χ0v) is 13.7. The van der Waals surface area contributed by atoms with Gasteiger partial charge in [-0.2, -0.15) is 5.10 Å². The van der Waals surface area contributed by atoms with Crippen LogP contribution < -0.4 is 5.32 Å². The summed E-state index contributed by atoms with van der Waals surface area (Å²) in [6, 6.07) is -0.0907. The molecule has 1 aromatic heterocycles. The van der Waals surface area contributed by atoms with Gasteiger partial charge in [0.05, 0.1) is 12.6 Å². The maximum atomic E-state index is 12.4. The second kappa shape index (κ2) is 7.10. The second-order valence-electron chi connectivity index (χ2n) is 6.44. The van der Waals surface area contributed by atoms with Crippen molar-refractivity contribution < 1.29 is 9.59 Å². The van der Waals surface area contributed by atoms with Gasteiger partial charge in [-0.25, -0.2) is 9.67 Å². The lowest BCUT2D eigenvalue weighted by atomic mass is 10.1. The van der Waals surface area contributed by atoms with Crippen LogP contribution in [-0.2, 0) is 16.1 Å². The van der Waals surface area contributed by atoms with Crippen LogP contribution in [0, 0.1) is 5.92 Å². The normalized spacial score (nSPS) is 20.2. The van der Waals surface area contributed by atoms with Crippen molar-refractivity contribution >= 4 is 11.8 Å². The van der Waals surface area contributed by atoms with E-state index < -0.39 is 0 Å². The van der Waals surface area contributed by atoms with E-state index in [1.54, 1.807) is 11.2 Å². The molecule has 1 aliphatic heterocycles. The Bertz CT molecular complexity index is 567. The van der Waals surface area contributed by atoms with Gasteiger partial charge in [0, 0.05) is 19.5 Å². The first kappa shape index (κ1) is 16.0. The molecule has 2 aliphatic rings. The average molecular weight is 319 g/mol. The standard InChI is InChI=1S/C16H25N5O2/c1-2-21-16(17-11-18-21)15(12-7-8-12)19-13(22)10-20-9-5-3-4-6-14(20)23/h11-12,15H,2-10H2,1H3,(H,19,22)/t15-/m1/s1. The quantitative estimate of drug-likeness (QED) is 0.856. The number of carbonyl (C=O) groups excluding carboxylic acids is 2. The molecule has 2 heterocycles. The van der Waals surface area contributed by atoms with Gasteiger partial charge >= 0.3 is 0 Å². The molecule has 2 amide bonds. The molecular weight excluding hydrogens is 294 g/mol. The van der Waals surface area contributed by atoms with Gasteiger partial charge in [-0.05, 0) is 38.5 Å². The molecule has 0 spiro atoms. The highest BCUT2D eigenvalue weighted by Crippen LogP contribution is 2.40. The Morgan fingerprint density at radius 2 is 2.22 bits per heavy atom. The predicted molar refractivity (Wildman–Crippen MR) is 84.4 cm³/mol. The molecule has 7 nitrogen and oxygen atoms in total. The maximum Gasteiger partial charge on any atom is 0.240 e. The number of hydrogen-bond donors (Lipinski definition) is 1. The summed E-state index contributed by atoms with van der Waals surface area (Å²) >= 11 is 0. The molecule has 1 N–H and O–H groups in total. The number of amides is 2. The van der Waals surface area contributed by atoms with Gasteiger partial charge in [0.2, 0.25) is 11.8 Å². The van der Waals surface area contributed by atoms with Crippen molar-refractivity contribution in [2.45, 2.75) is 58.0 Å². The number of nitrogens with zero attached hydrogens (tertiary/aromatic N) is 4. The minimum Gasteiger partial charge on any atom is -0.344 e. The third-order valence-electron chi connectivity index (χ3n) is 4.64. The molecule has 7 heteroatoms. The van der Waals surface area contributed by atoms with Crippen molar-refractivity contribution in [2.75, 3.05) is 13.1 Å². The first-order chi connectivity index (χ1) is 11.2. The van der Waals surface area contributed by atoms with Crippen LogP contribution in [0.4, 0.5) is 0 Å². The molecule has 0 aromatic carbocycles. The molecule has 23 heavy (non-hydrogen) atoms. The van der Waals surface area contributed by atoms with Crippen molar-refractivity contribution in [3.63, 3.8) is 0 Å². The summed E-state index contributed by atoms with van der Waals surface area (Å²) < 4.78 is 1.83. The smallest absolute Gasteiger partial charge is 0.240 e. The average Bonchev–Trinajstić information content (AvgIpc) is 3.30. The van der Waals surface area contributed by atoms with Crippen LogP contribution in [0.2, 0.25) is 0 Å². The van der Waals surface area contributed by atoms with Crippen LogP contribution in [0.25, 0.3) is 0 Å². The highest BCUT2D eigenvalue weighted by atomic mass is 16.2.